The SMILES string of the molecule is [Re].[c-]1ccccn1. The minimum absolute atomic E-state index is 0. The van der Waals surface area contributed by atoms with Gasteiger partial charge in [-0.2, -0.15) is 18.2 Å². The van der Waals surface area contributed by atoms with Crippen LogP contribution in [-0.4, -0.2) is 4.98 Å². The Hall–Kier alpha value is -0.188. The van der Waals surface area contributed by atoms with Crippen LogP contribution in [0.1, 0.15) is 0 Å². The van der Waals surface area contributed by atoms with E-state index in [1.807, 2.05) is 12.1 Å². The second-order valence-electron chi connectivity index (χ2n) is 0.959. The maximum absolute atomic E-state index is 3.66. The van der Waals surface area contributed by atoms with Crippen molar-refractivity contribution in [1.29, 1.82) is 0 Å². The Bertz CT molecular complexity index is 80.0. The molecule has 37 valence electrons. The summed E-state index contributed by atoms with van der Waals surface area (Å²) in [5.41, 5.74) is 0. The largest absolute Gasteiger partial charge is 0.394 e. The summed E-state index contributed by atoms with van der Waals surface area (Å²) in [6.45, 7) is 0. The molecule has 0 unspecified atom stereocenters. The van der Waals surface area contributed by atoms with Gasteiger partial charge >= 0.3 is 0 Å². The van der Waals surface area contributed by atoms with Crippen LogP contribution < -0.4 is 0 Å². The Morgan fingerprint density at radius 3 is 2.29 bits per heavy atom. The molecule has 0 atom stereocenters. The van der Waals surface area contributed by atoms with Gasteiger partial charge in [-0.3, -0.25) is 0 Å². The van der Waals surface area contributed by atoms with Crippen molar-refractivity contribution in [1.82, 2.24) is 4.98 Å². The van der Waals surface area contributed by atoms with E-state index in [1.54, 1.807) is 12.3 Å². The summed E-state index contributed by atoms with van der Waals surface area (Å²) in [4.78, 5) is 3.66. The van der Waals surface area contributed by atoms with Crippen LogP contribution in [0.5, 0.6) is 0 Å². The van der Waals surface area contributed by atoms with Crippen molar-refractivity contribution in [2.45, 2.75) is 0 Å². The van der Waals surface area contributed by atoms with E-state index >= 15 is 0 Å². The van der Waals surface area contributed by atoms with Crippen molar-refractivity contribution in [2.24, 2.45) is 0 Å². The molecule has 1 heterocycles. The van der Waals surface area contributed by atoms with Gasteiger partial charge in [0, 0.05) is 20.4 Å². The average Bonchev–Trinajstić information content (AvgIpc) is 1.72. The molecule has 7 heavy (non-hydrogen) atoms. The predicted octanol–water partition coefficient (Wildman–Crippen LogP) is 0.879. The zero-order valence-corrected chi connectivity index (χ0v) is 6.35. The minimum Gasteiger partial charge on any atom is -0.394 e. The molecule has 0 aliphatic rings. The van der Waals surface area contributed by atoms with Crippen LogP contribution in [0.2, 0.25) is 0 Å². The second kappa shape index (κ2) is 3.98. The summed E-state index contributed by atoms with van der Waals surface area (Å²) in [6.07, 6.45) is 4.34. The van der Waals surface area contributed by atoms with E-state index in [9.17, 15) is 0 Å². The summed E-state index contributed by atoms with van der Waals surface area (Å²) in [6, 6.07) is 5.50. The monoisotopic (exact) mass is 265 g/mol. The molecule has 2 heteroatoms. The molecule has 0 amide bonds. The molecule has 0 saturated carbocycles. The van der Waals surface area contributed by atoms with Crippen molar-refractivity contribution < 1.29 is 20.4 Å². The van der Waals surface area contributed by atoms with Gasteiger partial charge in [-0.1, -0.05) is 12.4 Å². The third kappa shape index (κ3) is 2.50. The first-order chi connectivity index (χ1) is 3.00. The Balaban J connectivity index is 0.000000360. The molecular weight excluding hydrogens is 260 g/mol. The van der Waals surface area contributed by atoms with Crippen LogP contribution >= 0.6 is 0 Å². The third-order valence-corrected chi connectivity index (χ3v) is 0.517. The molecular formula is C5H4NRe-. The molecule has 1 radical (unpaired) electrons. The molecule has 0 N–H and O–H groups in total. The maximum Gasteiger partial charge on any atom is 0 e. The molecule has 0 spiro atoms. The van der Waals surface area contributed by atoms with Crippen molar-refractivity contribution in [3.8, 4) is 0 Å². The van der Waals surface area contributed by atoms with Gasteiger partial charge in [0.15, 0.2) is 0 Å². The zero-order chi connectivity index (χ0) is 4.24. The van der Waals surface area contributed by atoms with E-state index in [-0.39, 0.29) is 20.4 Å². The Morgan fingerprint density at radius 1 is 1.29 bits per heavy atom. The molecule has 1 rings (SSSR count). The standard InChI is InChI=1S/C5H4N.Re/c1-2-4-6-5-3-1;/h1-4H;/q-1;. The first-order valence-corrected chi connectivity index (χ1v) is 1.77. The first-order valence-electron chi connectivity index (χ1n) is 1.77. The van der Waals surface area contributed by atoms with E-state index in [0.29, 0.717) is 0 Å². The fourth-order valence-electron chi connectivity index (χ4n) is 0.277. The molecule has 1 aromatic heterocycles. The van der Waals surface area contributed by atoms with E-state index in [2.05, 4.69) is 11.2 Å². The normalized spacial score (nSPS) is 6.86. The molecule has 1 aromatic rings. The molecule has 0 saturated heterocycles. The number of rotatable bonds is 0. The molecule has 0 fully saturated rings. The van der Waals surface area contributed by atoms with E-state index in [4.69, 9.17) is 0 Å². The van der Waals surface area contributed by atoms with Crippen molar-refractivity contribution in [2.75, 3.05) is 0 Å². The molecule has 0 bridgehead atoms. The van der Waals surface area contributed by atoms with Gasteiger partial charge < -0.3 is 4.98 Å². The second-order valence-corrected chi connectivity index (χ2v) is 0.959. The van der Waals surface area contributed by atoms with Crippen molar-refractivity contribution in [3.63, 3.8) is 0 Å². The summed E-state index contributed by atoms with van der Waals surface area (Å²) in [5, 5.41) is 0. The van der Waals surface area contributed by atoms with Gasteiger partial charge in [-0.15, -0.1) is 0 Å². The van der Waals surface area contributed by atoms with E-state index in [1.165, 1.54) is 0 Å². The summed E-state index contributed by atoms with van der Waals surface area (Å²) < 4.78 is 0. The summed E-state index contributed by atoms with van der Waals surface area (Å²) in [7, 11) is 0. The summed E-state index contributed by atoms with van der Waals surface area (Å²) in [5.74, 6) is 0. The van der Waals surface area contributed by atoms with Crippen LogP contribution in [0.25, 0.3) is 0 Å². The van der Waals surface area contributed by atoms with Crippen molar-refractivity contribution >= 4 is 0 Å². The van der Waals surface area contributed by atoms with Crippen molar-refractivity contribution in [3.05, 3.63) is 30.6 Å². The molecule has 1 nitrogen and oxygen atoms in total. The molecule has 0 aliphatic heterocycles. The van der Waals surface area contributed by atoms with E-state index in [0.717, 1.165) is 0 Å². The Morgan fingerprint density at radius 2 is 2.14 bits per heavy atom. The van der Waals surface area contributed by atoms with Gasteiger partial charge in [0.25, 0.3) is 0 Å². The number of pyridine rings is 1. The van der Waals surface area contributed by atoms with Crippen LogP contribution in [0.15, 0.2) is 24.4 Å². The predicted molar refractivity (Wildman–Crippen MR) is 23.1 cm³/mol. The zero-order valence-electron chi connectivity index (χ0n) is 3.63. The number of hydrogen-bond acceptors (Lipinski definition) is 1. The van der Waals surface area contributed by atoms with Gasteiger partial charge in [0.05, 0.1) is 0 Å². The van der Waals surface area contributed by atoms with Gasteiger partial charge in [0.2, 0.25) is 0 Å². The summed E-state index contributed by atoms with van der Waals surface area (Å²) >= 11 is 0. The average molecular weight is 264 g/mol. The molecule has 0 aromatic carbocycles. The quantitative estimate of drug-likeness (QED) is 0.634. The third-order valence-electron chi connectivity index (χ3n) is 0.517. The Labute approximate surface area is 56.4 Å². The molecule has 0 aliphatic carbocycles. The number of aromatic nitrogens is 1. The van der Waals surface area contributed by atoms with Crippen LogP contribution in [0.4, 0.5) is 0 Å². The number of nitrogens with zero attached hydrogens (tertiary/aromatic N) is 1. The van der Waals surface area contributed by atoms with Gasteiger partial charge in [-0.25, -0.2) is 0 Å². The fraction of sp³-hybridized carbons (Fsp3) is 0. The first kappa shape index (κ1) is 6.81. The van der Waals surface area contributed by atoms with Crippen LogP contribution in [0, 0.1) is 6.20 Å². The van der Waals surface area contributed by atoms with Crippen LogP contribution in [-0.2, 0) is 20.4 Å². The van der Waals surface area contributed by atoms with Crippen LogP contribution in [0.3, 0.4) is 0 Å². The van der Waals surface area contributed by atoms with Gasteiger partial charge in [-0.05, 0) is 0 Å². The fourth-order valence-corrected chi connectivity index (χ4v) is 0.277. The van der Waals surface area contributed by atoms with Gasteiger partial charge in [0.1, 0.15) is 0 Å². The maximum atomic E-state index is 3.66. The number of hydrogen-bond donors (Lipinski definition) is 0. The van der Waals surface area contributed by atoms with E-state index < -0.39 is 0 Å². The topological polar surface area (TPSA) is 12.9 Å². The minimum atomic E-state index is 0. The smallest absolute Gasteiger partial charge is 0 e. The Kier molecular flexibility index (Phi) is 3.88.